The summed E-state index contributed by atoms with van der Waals surface area (Å²) in [5.41, 5.74) is 5.70. The smallest absolute Gasteiger partial charge is 0.239 e. The molecule has 1 amide bonds. The van der Waals surface area contributed by atoms with E-state index in [2.05, 4.69) is 12.2 Å². The molecule has 5 nitrogen and oxygen atoms in total. The molecule has 0 spiro atoms. The van der Waals surface area contributed by atoms with Gasteiger partial charge in [0.05, 0.1) is 6.61 Å². The van der Waals surface area contributed by atoms with E-state index < -0.39 is 6.04 Å². The van der Waals surface area contributed by atoms with Gasteiger partial charge in [-0.3, -0.25) is 4.79 Å². The number of amides is 1. The van der Waals surface area contributed by atoms with Crippen LogP contribution in [0.5, 0.6) is 0 Å². The molecule has 2 atom stereocenters. The maximum atomic E-state index is 11.8. The molecule has 1 fully saturated rings. The maximum absolute atomic E-state index is 11.8. The van der Waals surface area contributed by atoms with E-state index in [1.807, 2.05) is 0 Å². The summed E-state index contributed by atoms with van der Waals surface area (Å²) in [5, 5.41) is 3.02. The third kappa shape index (κ3) is 5.52. The Hall–Kier alpha value is -0.360. The number of methoxy groups -OCH3 is 1. The first-order valence-corrected chi connectivity index (χ1v) is 6.31. The van der Waals surface area contributed by atoms with Crippen molar-refractivity contribution >= 4 is 18.3 Å². The molecule has 0 saturated carbocycles. The zero-order valence-corrected chi connectivity index (χ0v) is 12.0. The fraction of sp³-hybridized carbons (Fsp3) is 0.917. The van der Waals surface area contributed by atoms with Gasteiger partial charge >= 0.3 is 0 Å². The fourth-order valence-corrected chi connectivity index (χ4v) is 2.22. The van der Waals surface area contributed by atoms with Gasteiger partial charge in [0.25, 0.3) is 0 Å². The van der Waals surface area contributed by atoms with Gasteiger partial charge < -0.3 is 20.5 Å². The van der Waals surface area contributed by atoms with Crippen molar-refractivity contribution < 1.29 is 14.3 Å². The highest BCUT2D eigenvalue weighted by molar-refractivity contribution is 5.85. The van der Waals surface area contributed by atoms with Gasteiger partial charge in [-0.1, -0.05) is 6.92 Å². The third-order valence-electron chi connectivity index (χ3n) is 3.29. The summed E-state index contributed by atoms with van der Waals surface area (Å²) in [7, 11) is 1.54. The summed E-state index contributed by atoms with van der Waals surface area (Å²) in [6, 6.07) is -0.372. The lowest BCUT2D eigenvalue weighted by atomic mass is 9.90. The normalized spacial score (nSPS) is 19.7. The van der Waals surface area contributed by atoms with E-state index in [9.17, 15) is 4.79 Å². The molecule has 0 radical (unpaired) electrons. The highest BCUT2D eigenvalue weighted by atomic mass is 35.5. The number of nitrogens with one attached hydrogen (secondary N) is 1. The van der Waals surface area contributed by atoms with E-state index in [-0.39, 0.29) is 31.0 Å². The number of carbonyl (C=O) groups is 1. The van der Waals surface area contributed by atoms with Crippen molar-refractivity contribution in [2.75, 3.05) is 26.9 Å². The second kappa shape index (κ2) is 9.55. The van der Waals surface area contributed by atoms with Gasteiger partial charge in [0, 0.05) is 26.4 Å². The Bertz CT molecular complexity index is 235. The molecule has 0 bridgehead atoms. The van der Waals surface area contributed by atoms with Crippen LogP contribution in [-0.2, 0) is 14.3 Å². The zero-order valence-electron chi connectivity index (χ0n) is 11.2. The van der Waals surface area contributed by atoms with Crippen molar-refractivity contribution in [2.24, 2.45) is 11.7 Å². The second-order valence-electron chi connectivity index (χ2n) is 4.53. The topological polar surface area (TPSA) is 73.6 Å². The molecule has 1 aliphatic rings. The van der Waals surface area contributed by atoms with E-state index in [1.165, 1.54) is 0 Å². The Morgan fingerprint density at radius 1 is 1.50 bits per heavy atom. The average molecular weight is 281 g/mol. The highest BCUT2D eigenvalue weighted by Crippen LogP contribution is 2.20. The molecule has 0 aromatic carbocycles. The maximum Gasteiger partial charge on any atom is 0.239 e. The van der Waals surface area contributed by atoms with Gasteiger partial charge in [-0.05, 0) is 25.2 Å². The average Bonchev–Trinajstić information content (AvgIpc) is 2.37. The van der Waals surface area contributed by atoms with Gasteiger partial charge in [0.15, 0.2) is 0 Å². The Morgan fingerprint density at radius 3 is 2.61 bits per heavy atom. The van der Waals surface area contributed by atoms with Crippen LogP contribution in [0.4, 0.5) is 0 Å². The molecule has 0 aromatic rings. The minimum Gasteiger partial charge on any atom is -0.383 e. The molecule has 2 unspecified atom stereocenters. The summed E-state index contributed by atoms with van der Waals surface area (Å²) in [6.07, 6.45) is 2.95. The van der Waals surface area contributed by atoms with Gasteiger partial charge in [-0.25, -0.2) is 0 Å². The largest absolute Gasteiger partial charge is 0.383 e. The van der Waals surface area contributed by atoms with Crippen LogP contribution in [0, 0.1) is 5.92 Å². The lowest BCUT2D eigenvalue weighted by Crippen LogP contribution is -2.50. The third-order valence-corrected chi connectivity index (χ3v) is 3.29. The van der Waals surface area contributed by atoms with Crippen LogP contribution in [0.1, 0.15) is 26.2 Å². The van der Waals surface area contributed by atoms with Crippen LogP contribution in [0.2, 0.25) is 0 Å². The molecule has 1 heterocycles. The Balaban J connectivity index is 0.00000289. The number of hydrogen-bond donors (Lipinski definition) is 2. The summed E-state index contributed by atoms with van der Waals surface area (Å²) >= 11 is 0. The van der Waals surface area contributed by atoms with Gasteiger partial charge in [0.2, 0.25) is 5.91 Å². The summed E-state index contributed by atoms with van der Waals surface area (Å²) < 4.78 is 10.2. The molecule has 0 aliphatic carbocycles. The molecule has 1 aliphatic heterocycles. The number of carbonyl (C=O) groups excluding carboxylic acids is 1. The quantitative estimate of drug-likeness (QED) is 0.751. The molecular formula is C12H25ClN2O3. The second-order valence-corrected chi connectivity index (χ2v) is 4.53. The lowest BCUT2D eigenvalue weighted by Gasteiger charge is -2.31. The van der Waals surface area contributed by atoms with Gasteiger partial charge in [0.1, 0.15) is 6.04 Å². The van der Waals surface area contributed by atoms with Crippen molar-refractivity contribution in [3.63, 3.8) is 0 Å². The molecule has 1 saturated heterocycles. The van der Waals surface area contributed by atoms with Crippen molar-refractivity contribution in [1.82, 2.24) is 5.32 Å². The molecule has 1 rings (SSSR count). The molecule has 6 heteroatoms. The Kier molecular flexibility index (Phi) is 9.36. The van der Waals surface area contributed by atoms with E-state index in [1.54, 1.807) is 7.11 Å². The van der Waals surface area contributed by atoms with Crippen LogP contribution in [0.25, 0.3) is 0 Å². The fourth-order valence-electron chi connectivity index (χ4n) is 2.22. The minimum absolute atomic E-state index is 0. The SMILES string of the molecule is CCC(NC(=O)C(N)COC)C1CCOCC1.Cl. The highest BCUT2D eigenvalue weighted by Gasteiger charge is 2.25. The first-order valence-electron chi connectivity index (χ1n) is 6.31. The van der Waals surface area contributed by atoms with E-state index in [4.69, 9.17) is 15.2 Å². The van der Waals surface area contributed by atoms with Crippen molar-refractivity contribution in [3.8, 4) is 0 Å². The summed E-state index contributed by atoms with van der Waals surface area (Å²) in [5.74, 6) is 0.387. The number of halogens is 1. The summed E-state index contributed by atoms with van der Waals surface area (Å²) in [4.78, 5) is 11.8. The molecule has 0 aromatic heterocycles. The number of nitrogens with two attached hydrogens (primary N) is 1. The van der Waals surface area contributed by atoms with Crippen LogP contribution in [0.15, 0.2) is 0 Å². The predicted octanol–water partition coefficient (Wildman–Crippen LogP) is 0.703. The van der Waals surface area contributed by atoms with Crippen molar-refractivity contribution in [3.05, 3.63) is 0 Å². The molecular weight excluding hydrogens is 256 g/mol. The summed E-state index contributed by atoms with van der Waals surface area (Å²) in [6.45, 7) is 3.93. The lowest BCUT2D eigenvalue weighted by molar-refractivity contribution is -0.124. The Labute approximate surface area is 115 Å². The monoisotopic (exact) mass is 280 g/mol. The Morgan fingerprint density at radius 2 is 2.11 bits per heavy atom. The number of hydrogen-bond acceptors (Lipinski definition) is 4. The van der Waals surface area contributed by atoms with Crippen molar-refractivity contribution in [2.45, 2.75) is 38.3 Å². The van der Waals surface area contributed by atoms with E-state index >= 15 is 0 Å². The van der Waals surface area contributed by atoms with Crippen LogP contribution < -0.4 is 11.1 Å². The molecule has 3 N–H and O–H groups in total. The van der Waals surface area contributed by atoms with Crippen molar-refractivity contribution in [1.29, 1.82) is 0 Å². The number of ether oxygens (including phenoxy) is 2. The molecule has 18 heavy (non-hydrogen) atoms. The first-order chi connectivity index (χ1) is 8.19. The minimum atomic E-state index is -0.575. The van der Waals surface area contributed by atoms with Gasteiger partial charge in [-0.15, -0.1) is 12.4 Å². The van der Waals surface area contributed by atoms with Crippen LogP contribution >= 0.6 is 12.4 Å². The number of rotatable bonds is 6. The standard InChI is InChI=1S/C12H24N2O3.ClH/c1-3-11(9-4-6-17-7-5-9)14-12(15)10(13)8-16-2;/h9-11H,3-8,13H2,1-2H3,(H,14,15);1H. The van der Waals surface area contributed by atoms with E-state index in [0.29, 0.717) is 5.92 Å². The first kappa shape index (κ1) is 17.6. The van der Waals surface area contributed by atoms with Crippen LogP contribution in [-0.4, -0.2) is 44.9 Å². The van der Waals surface area contributed by atoms with Gasteiger partial charge in [-0.2, -0.15) is 0 Å². The van der Waals surface area contributed by atoms with Crippen LogP contribution in [0.3, 0.4) is 0 Å². The molecule has 108 valence electrons. The predicted molar refractivity (Wildman–Crippen MR) is 72.9 cm³/mol. The zero-order chi connectivity index (χ0) is 12.7. The van der Waals surface area contributed by atoms with E-state index in [0.717, 1.165) is 32.5 Å².